The van der Waals surface area contributed by atoms with Gasteiger partial charge in [-0.05, 0) is 63.4 Å². The minimum absolute atomic E-state index is 0.0296. The summed E-state index contributed by atoms with van der Waals surface area (Å²) in [7, 11) is 0. The Morgan fingerprint density at radius 2 is 1.81 bits per heavy atom. The number of Topliss-reactive ketones (excluding diaryl/α,β-unsaturated/α-hetero) is 1. The minimum atomic E-state index is -0.953. The highest BCUT2D eigenvalue weighted by atomic mass is 35.5. The van der Waals surface area contributed by atoms with Crippen molar-refractivity contribution in [1.29, 1.82) is 0 Å². The number of hydrogen-bond donors (Lipinski definition) is 1. The van der Waals surface area contributed by atoms with Gasteiger partial charge in [0.05, 0.1) is 5.56 Å². The maximum Gasteiger partial charge on any atom is 0.342 e. The van der Waals surface area contributed by atoms with Gasteiger partial charge in [0.15, 0.2) is 6.10 Å². The number of ether oxygens (including phenoxy) is 1. The molecule has 1 amide bonds. The molecule has 1 heterocycles. The van der Waals surface area contributed by atoms with Gasteiger partial charge in [-0.2, -0.15) is 0 Å². The summed E-state index contributed by atoms with van der Waals surface area (Å²) < 4.78 is 5.41. The molecule has 1 aromatic heterocycles. The zero-order chi connectivity index (χ0) is 19.7. The van der Waals surface area contributed by atoms with Crippen LogP contribution in [0.25, 0.3) is 0 Å². The number of nitrogens with one attached hydrogen (secondary N) is 1. The second-order valence-corrected chi connectivity index (χ2v) is 8.33. The van der Waals surface area contributed by atoms with E-state index in [1.165, 1.54) is 18.3 Å². The Hall–Kier alpha value is -2.18. The molecule has 1 fully saturated rings. The fourth-order valence-corrected chi connectivity index (χ4v) is 3.82. The Kier molecular flexibility index (Phi) is 5.67. The molecule has 27 heavy (non-hydrogen) atoms. The standard InChI is InChI=1S/C20H20ClNO4S/c1-10-12(3)27-19(22-18(24)14-4-5-14)16(10)20(25)26-11(2)17(23)13-6-8-15(21)9-7-13/h6-9,11,14H,4-5H2,1-3H3,(H,22,24). The van der Waals surface area contributed by atoms with Crippen molar-refractivity contribution in [2.45, 2.75) is 39.7 Å². The SMILES string of the molecule is Cc1sc(NC(=O)C2CC2)c(C(=O)OC(C)C(=O)c2ccc(Cl)cc2)c1C. The molecule has 0 bridgehead atoms. The molecule has 1 aliphatic rings. The van der Waals surface area contributed by atoms with Gasteiger partial charge in [-0.15, -0.1) is 11.3 Å². The molecule has 0 spiro atoms. The van der Waals surface area contributed by atoms with E-state index in [2.05, 4.69) is 5.32 Å². The quantitative estimate of drug-likeness (QED) is 0.553. The van der Waals surface area contributed by atoms with Crippen LogP contribution in [0.4, 0.5) is 5.00 Å². The molecule has 142 valence electrons. The van der Waals surface area contributed by atoms with E-state index in [0.29, 0.717) is 21.2 Å². The van der Waals surface area contributed by atoms with E-state index in [0.717, 1.165) is 23.3 Å². The highest BCUT2D eigenvalue weighted by molar-refractivity contribution is 7.16. The van der Waals surface area contributed by atoms with E-state index in [9.17, 15) is 14.4 Å². The Morgan fingerprint density at radius 1 is 1.19 bits per heavy atom. The molecule has 7 heteroatoms. The molecule has 0 radical (unpaired) electrons. The fourth-order valence-electron chi connectivity index (χ4n) is 2.64. The van der Waals surface area contributed by atoms with Gasteiger partial charge in [-0.25, -0.2) is 4.79 Å². The molecular weight excluding hydrogens is 386 g/mol. The molecule has 1 aromatic carbocycles. The largest absolute Gasteiger partial charge is 0.451 e. The molecule has 5 nitrogen and oxygen atoms in total. The maximum atomic E-state index is 12.7. The van der Waals surface area contributed by atoms with Gasteiger partial charge in [-0.1, -0.05) is 11.6 Å². The van der Waals surface area contributed by atoms with Crippen LogP contribution in [0.2, 0.25) is 5.02 Å². The monoisotopic (exact) mass is 405 g/mol. The number of carbonyl (C=O) groups is 3. The number of halogens is 1. The number of benzene rings is 1. The average molecular weight is 406 g/mol. The molecule has 1 aliphatic carbocycles. The van der Waals surface area contributed by atoms with Crippen LogP contribution in [-0.4, -0.2) is 23.8 Å². The zero-order valence-corrected chi connectivity index (χ0v) is 16.9. The van der Waals surface area contributed by atoms with Crippen molar-refractivity contribution in [2.75, 3.05) is 5.32 Å². The third kappa shape index (κ3) is 4.39. The van der Waals surface area contributed by atoms with Gasteiger partial charge < -0.3 is 10.1 Å². The van der Waals surface area contributed by atoms with Crippen molar-refractivity contribution in [3.05, 3.63) is 50.9 Å². The van der Waals surface area contributed by atoms with Gasteiger partial charge in [-0.3, -0.25) is 9.59 Å². The molecule has 2 aromatic rings. The van der Waals surface area contributed by atoms with Gasteiger partial charge in [0.25, 0.3) is 0 Å². The highest BCUT2D eigenvalue weighted by Gasteiger charge is 2.32. The molecule has 1 N–H and O–H groups in total. The Morgan fingerprint density at radius 3 is 2.41 bits per heavy atom. The summed E-state index contributed by atoms with van der Waals surface area (Å²) in [6.45, 7) is 5.22. The lowest BCUT2D eigenvalue weighted by Gasteiger charge is -2.14. The fraction of sp³-hybridized carbons (Fsp3) is 0.350. The van der Waals surface area contributed by atoms with E-state index in [4.69, 9.17) is 16.3 Å². The number of anilines is 1. The summed E-state index contributed by atoms with van der Waals surface area (Å²) in [5.41, 5.74) is 1.49. The molecule has 3 rings (SSSR count). The number of amides is 1. The summed E-state index contributed by atoms with van der Waals surface area (Å²) in [5.74, 6) is -0.969. The smallest absolute Gasteiger partial charge is 0.342 e. The molecule has 1 unspecified atom stereocenters. The van der Waals surface area contributed by atoms with Gasteiger partial charge in [0.1, 0.15) is 5.00 Å². The first-order chi connectivity index (χ1) is 12.8. The lowest BCUT2D eigenvalue weighted by atomic mass is 10.1. The zero-order valence-electron chi connectivity index (χ0n) is 15.3. The Bertz CT molecular complexity index is 899. The lowest BCUT2D eigenvalue weighted by molar-refractivity contribution is -0.117. The van der Waals surface area contributed by atoms with Gasteiger partial charge in [0, 0.05) is 21.4 Å². The van der Waals surface area contributed by atoms with E-state index in [1.54, 1.807) is 31.2 Å². The van der Waals surface area contributed by atoms with Crippen LogP contribution in [0, 0.1) is 19.8 Å². The number of carbonyl (C=O) groups excluding carboxylic acids is 3. The number of ketones is 1. The first-order valence-corrected chi connectivity index (χ1v) is 9.89. The molecule has 0 saturated heterocycles. The van der Waals surface area contributed by atoms with Crippen LogP contribution in [0.15, 0.2) is 24.3 Å². The first kappa shape index (κ1) is 19.6. The molecule has 0 aliphatic heterocycles. The Labute approximate surface area is 166 Å². The van der Waals surface area contributed by atoms with Crippen molar-refractivity contribution < 1.29 is 19.1 Å². The van der Waals surface area contributed by atoms with E-state index in [-0.39, 0.29) is 17.6 Å². The second-order valence-electron chi connectivity index (χ2n) is 6.67. The van der Waals surface area contributed by atoms with Crippen molar-refractivity contribution in [3.8, 4) is 0 Å². The van der Waals surface area contributed by atoms with Crippen molar-refractivity contribution in [2.24, 2.45) is 5.92 Å². The third-order valence-corrected chi connectivity index (χ3v) is 5.93. The average Bonchev–Trinajstić information content (AvgIpc) is 3.42. The van der Waals surface area contributed by atoms with Crippen LogP contribution >= 0.6 is 22.9 Å². The predicted octanol–water partition coefficient (Wildman–Crippen LogP) is 4.80. The lowest BCUT2D eigenvalue weighted by Crippen LogP contribution is -2.25. The number of rotatable bonds is 6. The van der Waals surface area contributed by atoms with Crippen LogP contribution in [0.5, 0.6) is 0 Å². The predicted molar refractivity (Wildman–Crippen MR) is 106 cm³/mol. The molecular formula is C20H20ClNO4S. The first-order valence-electron chi connectivity index (χ1n) is 8.69. The summed E-state index contributed by atoms with van der Waals surface area (Å²) >= 11 is 7.18. The number of esters is 1. The number of aryl methyl sites for hydroxylation is 1. The minimum Gasteiger partial charge on any atom is -0.451 e. The van der Waals surface area contributed by atoms with Crippen LogP contribution < -0.4 is 5.32 Å². The molecule has 1 atom stereocenters. The van der Waals surface area contributed by atoms with Crippen molar-refractivity contribution in [1.82, 2.24) is 0 Å². The normalized spacial score (nSPS) is 14.5. The number of thiophene rings is 1. The summed E-state index contributed by atoms with van der Waals surface area (Å²) in [6.07, 6.45) is 0.800. The molecule has 1 saturated carbocycles. The van der Waals surface area contributed by atoms with Crippen LogP contribution in [-0.2, 0) is 9.53 Å². The van der Waals surface area contributed by atoms with E-state index >= 15 is 0 Å². The maximum absolute atomic E-state index is 12.7. The summed E-state index contributed by atoms with van der Waals surface area (Å²) in [4.78, 5) is 38.2. The second kappa shape index (κ2) is 7.82. The van der Waals surface area contributed by atoms with Crippen LogP contribution in [0.3, 0.4) is 0 Å². The van der Waals surface area contributed by atoms with Crippen LogP contribution in [0.1, 0.15) is 50.9 Å². The van der Waals surface area contributed by atoms with E-state index in [1.807, 2.05) is 6.92 Å². The van der Waals surface area contributed by atoms with Gasteiger partial charge >= 0.3 is 5.97 Å². The number of hydrogen-bond acceptors (Lipinski definition) is 5. The topological polar surface area (TPSA) is 72.5 Å². The highest BCUT2D eigenvalue weighted by Crippen LogP contribution is 2.36. The summed E-state index contributed by atoms with van der Waals surface area (Å²) in [6, 6.07) is 6.41. The third-order valence-electron chi connectivity index (χ3n) is 4.56. The Balaban J connectivity index is 1.75. The summed E-state index contributed by atoms with van der Waals surface area (Å²) in [5, 5.41) is 3.84. The van der Waals surface area contributed by atoms with E-state index < -0.39 is 12.1 Å². The van der Waals surface area contributed by atoms with Crippen molar-refractivity contribution >= 4 is 45.6 Å². The van der Waals surface area contributed by atoms with Gasteiger partial charge in [0.2, 0.25) is 11.7 Å². The van der Waals surface area contributed by atoms with Crippen molar-refractivity contribution in [3.63, 3.8) is 0 Å².